The highest BCUT2D eigenvalue weighted by atomic mass is 16.5. The summed E-state index contributed by atoms with van der Waals surface area (Å²) in [6.45, 7) is 8.89. The molecule has 80 heavy (non-hydrogen) atoms. The maximum Gasteiger partial charge on any atom is 0.139 e. The molecule has 2 saturated carbocycles. The number of phenols is 4. The first kappa shape index (κ1) is 50.7. The van der Waals surface area contributed by atoms with Gasteiger partial charge in [-0.3, -0.25) is 20.0 Å². The fraction of sp³-hybridized carbons (Fsp3) is 0.257. The number of aromatic hydroxyl groups is 4. The fourth-order valence-corrected chi connectivity index (χ4v) is 12.8. The van der Waals surface area contributed by atoms with E-state index in [1.165, 1.54) is 0 Å². The van der Waals surface area contributed by atoms with Crippen LogP contribution in [0.4, 0.5) is 0 Å². The van der Waals surface area contributed by atoms with Crippen molar-refractivity contribution in [2.24, 2.45) is 20.0 Å². The van der Waals surface area contributed by atoms with Crippen LogP contribution in [0.1, 0.15) is 124 Å². The molecule has 13 rings (SSSR count). The average Bonchev–Trinajstić information content (AvgIpc) is 3.66. The number of aliphatic imine (C=N–C) groups is 4. The van der Waals surface area contributed by atoms with Gasteiger partial charge in [-0.1, -0.05) is 150 Å². The van der Waals surface area contributed by atoms with Gasteiger partial charge < -0.3 is 29.9 Å². The second kappa shape index (κ2) is 20.2. The summed E-state index contributed by atoms with van der Waals surface area (Å²) in [5.74, 6) is 3.46. The van der Waals surface area contributed by atoms with Crippen molar-refractivity contribution in [1.82, 2.24) is 0 Å². The highest BCUT2D eigenvalue weighted by Gasteiger charge is 2.39. The van der Waals surface area contributed by atoms with Crippen LogP contribution in [0.5, 0.6) is 46.0 Å². The molecule has 10 heteroatoms. The number of phenolic OH excluding ortho intramolecular Hbond substituents is 4. The van der Waals surface area contributed by atoms with Crippen molar-refractivity contribution >= 4 is 24.9 Å². The molecule has 5 aliphatic rings. The molecule has 0 spiro atoms. The van der Waals surface area contributed by atoms with Crippen molar-refractivity contribution in [1.29, 1.82) is 0 Å². The van der Waals surface area contributed by atoms with E-state index >= 15 is 0 Å². The molecule has 8 aromatic rings. The Balaban J connectivity index is 0.937. The summed E-state index contributed by atoms with van der Waals surface area (Å²) >= 11 is 0. The Morgan fingerprint density at radius 2 is 0.575 bits per heavy atom. The molecule has 0 unspecified atom stereocenters. The minimum Gasteiger partial charge on any atom is -0.507 e. The third-order valence-corrected chi connectivity index (χ3v) is 17.5. The highest BCUT2D eigenvalue weighted by Crippen LogP contribution is 2.56. The number of fused-ring (bicyclic) bond motifs is 14. The molecule has 2 fully saturated rings. The maximum absolute atomic E-state index is 11.4. The lowest BCUT2D eigenvalue weighted by Crippen LogP contribution is -2.27. The van der Waals surface area contributed by atoms with Crippen LogP contribution < -0.4 is 9.47 Å². The quantitative estimate of drug-likeness (QED) is 0.119. The van der Waals surface area contributed by atoms with E-state index < -0.39 is 10.8 Å². The summed E-state index contributed by atoms with van der Waals surface area (Å²) in [6.07, 6.45) is 14.5. The average molecular weight is 1060 g/mol. The predicted octanol–water partition coefficient (Wildman–Crippen LogP) is 16.1. The maximum atomic E-state index is 11.4. The first-order valence-corrected chi connectivity index (χ1v) is 28.2. The first-order chi connectivity index (χ1) is 38.8. The predicted molar refractivity (Wildman–Crippen MR) is 321 cm³/mol. The summed E-state index contributed by atoms with van der Waals surface area (Å²) in [6, 6.07) is 47.0. The standard InChI is InChI=1S/C70H64N4O6/c1-69(2)53-17-9-13-49-41-25-29-61(75)45(33-41)37-71-57-21-5-7-23-59(57)73-39-47-35-43(27-31-63(47)77)51-15-11-19-55-67(51)80-68-52(16-12-20-56(68)70(55,3)4)44-28-32-64(78)48(36-44)40-74-60-24-8-6-22-58(60)72-38-46-34-42(26-30-62(46)76)50-14-10-18-54(69)66(50)79-65(49)53/h9-20,25-40,57-60,75-78H,5-8,21-24H2,1-4H3/t57-,58-,59-,60-/m1/s1. The summed E-state index contributed by atoms with van der Waals surface area (Å²) in [5, 5.41) is 45.5. The summed E-state index contributed by atoms with van der Waals surface area (Å²) < 4.78 is 14.3. The molecule has 4 N–H and O–H groups in total. The zero-order valence-corrected chi connectivity index (χ0v) is 45.5. The van der Waals surface area contributed by atoms with Crippen LogP contribution in [-0.4, -0.2) is 69.5 Å². The number of hydrogen-bond acceptors (Lipinski definition) is 10. The van der Waals surface area contributed by atoms with Gasteiger partial charge in [-0.15, -0.1) is 0 Å². The highest BCUT2D eigenvalue weighted by molar-refractivity contribution is 5.92. The van der Waals surface area contributed by atoms with Crippen LogP contribution in [0.15, 0.2) is 166 Å². The van der Waals surface area contributed by atoms with Crippen LogP contribution in [-0.2, 0) is 10.8 Å². The number of rotatable bonds is 0. The third kappa shape index (κ3) is 9.00. The molecule has 0 saturated heterocycles. The van der Waals surface area contributed by atoms with E-state index in [0.29, 0.717) is 22.3 Å². The molecule has 0 radical (unpaired) electrons. The monoisotopic (exact) mass is 1060 g/mol. The van der Waals surface area contributed by atoms with E-state index in [0.717, 1.165) is 141 Å². The summed E-state index contributed by atoms with van der Waals surface area (Å²) in [7, 11) is 0. The van der Waals surface area contributed by atoms with E-state index in [2.05, 4.69) is 100 Å². The number of nitrogens with zero attached hydrogens (tertiary/aromatic N) is 4. The van der Waals surface area contributed by atoms with Crippen molar-refractivity contribution in [3.63, 3.8) is 0 Å². The topological polar surface area (TPSA) is 149 Å². The lowest BCUT2D eigenvalue weighted by Gasteiger charge is -2.36. The van der Waals surface area contributed by atoms with Gasteiger partial charge in [0.15, 0.2) is 0 Å². The van der Waals surface area contributed by atoms with Crippen molar-refractivity contribution in [3.8, 4) is 90.5 Å². The lowest BCUT2D eigenvalue weighted by molar-refractivity contribution is 0.390. The Labute approximate surface area is 467 Å². The summed E-state index contributed by atoms with van der Waals surface area (Å²) in [4.78, 5) is 20.6. The summed E-state index contributed by atoms with van der Waals surface area (Å²) in [5.41, 5.74) is 12.7. The van der Waals surface area contributed by atoms with Gasteiger partial charge in [-0.05, 0) is 96.5 Å². The number of benzene rings is 8. The molecule has 8 aromatic carbocycles. The second-order valence-electron chi connectivity index (χ2n) is 23.2. The Morgan fingerprint density at radius 3 is 0.812 bits per heavy atom. The van der Waals surface area contributed by atoms with Crippen LogP contribution in [0.2, 0.25) is 0 Å². The van der Waals surface area contributed by atoms with E-state index in [1.807, 2.05) is 48.5 Å². The van der Waals surface area contributed by atoms with Crippen LogP contribution >= 0.6 is 0 Å². The molecular formula is C70H64N4O6. The van der Waals surface area contributed by atoms with Gasteiger partial charge in [0, 0.05) is 102 Å². The minimum absolute atomic E-state index is 0.125. The molecular weight excluding hydrogens is 993 g/mol. The van der Waals surface area contributed by atoms with Crippen molar-refractivity contribution < 1.29 is 29.9 Å². The normalized spacial score (nSPS) is 20.2. The van der Waals surface area contributed by atoms with Gasteiger partial charge in [-0.25, -0.2) is 0 Å². The van der Waals surface area contributed by atoms with Crippen LogP contribution in [0.3, 0.4) is 0 Å². The van der Waals surface area contributed by atoms with E-state index in [9.17, 15) is 20.4 Å². The zero-order valence-electron chi connectivity index (χ0n) is 45.5. The molecule has 10 nitrogen and oxygen atoms in total. The molecule has 3 aliphatic heterocycles. The van der Waals surface area contributed by atoms with Crippen molar-refractivity contribution in [3.05, 3.63) is 190 Å². The molecule has 0 aromatic heterocycles. The Bertz CT molecular complexity index is 3410. The van der Waals surface area contributed by atoms with Gasteiger partial charge in [0.1, 0.15) is 46.0 Å². The van der Waals surface area contributed by atoms with E-state index in [4.69, 9.17) is 29.4 Å². The van der Waals surface area contributed by atoms with Crippen LogP contribution in [0, 0.1) is 0 Å². The molecule has 4 atom stereocenters. The van der Waals surface area contributed by atoms with Gasteiger partial charge in [0.2, 0.25) is 0 Å². The SMILES string of the molecule is CC1(C)c2cccc3c2Oc2c(cccc21)-c1ccc(O)c(c1)C=N[C@@H]1CCCC[C@H]1N=Cc1cc(ccc1O)-c1cccc2c1Oc1c(cccc1C2(C)C)-c1ccc(O)c(c1)C=N[C@@H]1CCCC[C@H]1N=Cc1cc-3ccc1O. The second-order valence-corrected chi connectivity index (χ2v) is 23.2. The zero-order chi connectivity index (χ0) is 54.9. The van der Waals surface area contributed by atoms with Crippen LogP contribution in [0.25, 0.3) is 44.5 Å². The Morgan fingerprint density at radius 1 is 0.338 bits per heavy atom. The number of para-hydroxylation sites is 4. The minimum atomic E-state index is -0.447. The molecule has 2 aliphatic carbocycles. The largest absolute Gasteiger partial charge is 0.507 e. The Kier molecular flexibility index (Phi) is 12.8. The van der Waals surface area contributed by atoms with Gasteiger partial charge in [0.25, 0.3) is 0 Å². The fourth-order valence-electron chi connectivity index (χ4n) is 12.8. The molecule has 3 heterocycles. The number of hydrogen-bond donors (Lipinski definition) is 4. The molecule has 12 bridgehead atoms. The third-order valence-electron chi connectivity index (χ3n) is 17.5. The molecule has 400 valence electrons. The van der Waals surface area contributed by atoms with Crippen molar-refractivity contribution in [2.45, 2.75) is 114 Å². The first-order valence-electron chi connectivity index (χ1n) is 28.2. The van der Waals surface area contributed by atoms with Gasteiger partial charge >= 0.3 is 0 Å². The van der Waals surface area contributed by atoms with Crippen molar-refractivity contribution in [2.75, 3.05) is 0 Å². The van der Waals surface area contributed by atoms with E-state index in [-0.39, 0.29) is 47.2 Å². The smallest absolute Gasteiger partial charge is 0.139 e. The van der Waals surface area contributed by atoms with Gasteiger partial charge in [0.05, 0.1) is 24.2 Å². The van der Waals surface area contributed by atoms with E-state index in [1.54, 1.807) is 49.1 Å². The lowest BCUT2D eigenvalue weighted by atomic mass is 9.74. The van der Waals surface area contributed by atoms with Gasteiger partial charge in [-0.2, -0.15) is 0 Å². The Hall–Kier alpha value is -8.76. The number of ether oxygens (including phenoxy) is 2. The molecule has 0 amide bonds.